The van der Waals surface area contributed by atoms with E-state index in [0.29, 0.717) is 0 Å². The maximum atomic E-state index is 4.95. The number of imidazole rings is 1. The molecule has 0 N–H and O–H groups in total. The van der Waals surface area contributed by atoms with E-state index in [1.165, 1.54) is 29.9 Å². The molecule has 1 aliphatic carbocycles. The van der Waals surface area contributed by atoms with Crippen molar-refractivity contribution in [3.63, 3.8) is 0 Å². The Bertz CT molecular complexity index is 1140. The van der Waals surface area contributed by atoms with Gasteiger partial charge in [0.05, 0.1) is 29.6 Å². The number of anilines is 2. The van der Waals surface area contributed by atoms with Gasteiger partial charge in [0.15, 0.2) is 0 Å². The predicted octanol–water partition coefficient (Wildman–Crippen LogP) is 4.01. The molecule has 4 aromatic rings. The van der Waals surface area contributed by atoms with Crippen LogP contribution in [0.4, 0.5) is 11.6 Å². The Balaban J connectivity index is 1.32. The lowest BCUT2D eigenvalue weighted by molar-refractivity contribution is 0.535. The second-order valence-corrected chi connectivity index (χ2v) is 8.42. The number of aromatic nitrogens is 6. The van der Waals surface area contributed by atoms with E-state index in [1.54, 1.807) is 23.9 Å². The highest BCUT2D eigenvalue weighted by atomic mass is 32.1. The number of rotatable bonds is 3. The van der Waals surface area contributed by atoms with Crippen LogP contribution in [0.5, 0.6) is 0 Å². The average Bonchev–Trinajstić information content (AvgIpc) is 3.53. The summed E-state index contributed by atoms with van der Waals surface area (Å²) in [6.07, 6.45) is 13.2. The molecule has 7 nitrogen and oxygen atoms in total. The zero-order valence-electron chi connectivity index (χ0n) is 16.0. The third-order valence-corrected chi connectivity index (χ3v) is 6.59. The van der Waals surface area contributed by atoms with Crippen molar-refractivity contribution in [2.45, 2.75) is 38.6 Å². The smallest absolute Gasteiger partial charge is 0.145 e. The Hall–Kier alpha value is -3.00. The predicted molar refractivity (Wildman–Crippen MR) is 113 cm³/mol. The molecule has 5 heterocycles. The molecule has 4 aromatic heterocycles. The van der Waals surface area contributed by atoms with Gasteiger partial charge in [0, 0.05) is 36.4 Å². The number of fused-ring (bicyclic) bond motifs is 3. The van der Waals surface area contributed by atoms with Crippen LogP contribution in [0, 0.1) is 0 Å². The van der Waals surface area contributed by atoms with Gasteiger partial charge in [-0.25, -0.2) is 14.6 Å². The Morgan fingerprint density at radius 1 is 1.03 bits per heavy atom. The van der Waals surface area contributed by atoms with Crippen molar-refractivity contribution in [2.24, 2.45) is 0 Å². The normalized spacial score (nSPS) is 15.9. The first-order valence-electron chi connectivity index (χ1n) is 10.1. The molecule has 0 amide bonds. The van der Waals surface area contributed by atoms with E-state index in [1.807, 2.05) is 23.0 Å². The lowest BCUT2D eigenvalue weighted by Gasteiger charge is -2.29. The average molecular weight is 404 g/mol. The number of hydrogen-bond donors (Lipinski definition) is 0. The minimum atomic E-state index is 0.901. The largest absolute Gasteiger partial charge is 0.310 e. The second kappa shape index (κ2) is 6.81. The summed E-state index contributed by atoms with van der Waals surface area (Å²) in [5.41, 5.74) is 4.63. The van der Waals surface area contributed by atoms with Crippen LogP contribution in [-0.2, 0) is 19.4 Å². The van der Waals surface area contributed by atoms with E-state index >= 15 is 0 Å². The van der Waals surface area contributed by atoms with Gasteiger partial charge in [-0.15, -0.1) is 11.3 Å². The highest BCUT2D eigenvalue weighted by Gasteiger charge is 2.29. The zero-order valence-corrected chi connectivity index (χ0v) is 16.8. The van der Waals surface area contributed by atoms with Gasteiger partial charge in [0.2, 0.25) is 0 Å². The van der Waals surface area contributed by atoms with Crippen LogP contribution in [0.2, 0.25) is 0 Å². The highest BCUT2D eigenvalue weighted by Crippen LogP contribution is 2.38. The Morgan fingerprint density at radius 2 is 2.00 bits per heavy atom. The monoisotopic (exact) mass is 403 g/mol. The molecule has 1 aliphatic heterocycles. The molecule has 0 fully saturated rings. The van der Waals surface area contributed by atoms with Crippen LogP contribution in [0.25, 0.3) is 16.4 Å². The highest BCUT2D eigenvalue weighted by molar-refractivity contribution is 7.13. The fourth-order valence-corrected chi connectivity index (χ4v) is 5.12. The van der Waals surface area contributed by atoms with E-state index in [9.17, 15) is 0 Å². The van der Waals surface area contributed by atoms with Crippen molar-refractivity contribution < 1.29 is 0 Å². The summed E-state index contributed by atoms with van der Waals surface area (Å²) in [5.74, 6) is 2.28. The summed E-state index contributed by atoms with van der Waals surface area (Å²) in [6, 6.07) is 4.08. The standard InChI is InChI=1S/C21H21N7S/c1-2-5-17-16(4-1)21-27(9-3-10-28(21)25-17)19-13-29-20(24-19)18-7-6-15(12-23-18)26-11-8-22-14-26/h6-8,11-14H,1-5,9-10H2. The van der Waals surface area contributed by atoms with Gasteiger partial charge >= 0.3 is 0 Å². The lowest BCUT2D eigenvalue weighted by Crippen LogP contribution is -2.29. The maximum Gasteiger partial charge on any atom is 0.145 e. The minimum absolute atomic E-state index is 0.901. The first-order valence-corrected chi connectivity index (χ1v) is 11.0. The van der Waals surface area contributed by atoms with Crippen LogP contribution in [0.1, 0.15) is 30.5 Å². The molecule has 0 spiro atoms. The molecule has 2 aliphatic rings. The van der Waals surface area contributed by atoms with Crippen LogP contribution in [0.3, 0.4) is 0 Å². The van der Waals surface area contributed by atoms with Crippen molar-refractivity contribution in [1.29, 1.82) is 0 Å². The number of nitrogens with zero attached hydrogens (tertiary/aromatic N) is 7. The van der Waals surface area contributed by atoms with Gasteiger partial charge in [-0.3, -0.25) is 4.98 Å². The molecule has 8 heteroatoms. The molecule has 29 heavy (non-hydrogen) atoms. The molecule has 146 valence electrons. The summed E-state index contributed by atoms with van der Waals surface area (Å²) in [4.78, 5) is 16.0. The summed E-state index contributed by atoms with van der Waals surface area (Å²) >= 11 is 1.65. The molecule has 0 unspecified atom stereocenters. The number of aryl methyl sites for hydroxylation is 2. The molecule has 0 saturated heterocycles. The van der Waals surface area contributed by atoms with Crippen molar-refractivity contribution >= 4 is 23.0 Å². The number of thiazole rings is 1. The van der Waals surface area contributed by atoms with Crippen LogP contribution >= 0.6 is 11.3 Å². The zero-order chi connectivity index (χ0) is 19.2. The van der Waals surface area contributed by atoms with Crippen LogP contribution in [0.15, 0.2) is 42.4 Å². The van der Waals surface area contributed by atoms with E-state index < -0.39 is 0 Å². The third kappa shape index (κ3) is 2.86. The fourth-order valence-electron chi connectivity index (χ4n) is 4.34. The van der Waals surface area contributed by atoms with Gasteiger partial charge in [0.25, 0.3) is 0 Å². The summed E-state index contributed by atoms with van der Waals surface area (Å²) in [7, 11) is 0. The SMILES string of the molecule is c1cn(-c2ccc(-c3nc(N4CCCn5nc6c(c54)CCCC6)cs3)nc2)cn1. The van der Waals surface area contributed by atoms with Crippen molar-refractivity contribution in [3.8, 4) is 16.4 Å². The van der Waals surface area contributed by atoms with Crippen molar-refractivity contribution in [1.82, 2.24) is 29.3 Å². The molecule has 0 radical (unpaired) electrons. The topological polar surface area (TPSA) is 64.7 Å². The Morgan fingerprint density at radius 3 is 2.86 bits per heavy atom. The molecule has 0 saturated carbocycles. The van der Waals surface area contributed by atoms with E-state index in [4.69, 9.17) is 10.1 Å². The van der Waals surface area contributed by atoms with E-state index in [-0.39, 0.29) is 0 Å². The molecule has 0 bridgehead atoms. The van der Waals surface area contributed by atoms with Crippen molar-refractivity contribution in [3.05, 3.63) is 53.7 Å². The van der Waals surface area contributed by atoms with Gasteiger partial charge in [0.1, 0.15) is 16.6 Å². The van der Waals surface area contributed by atoms with Crippen molar-refractivity contribution in [2.75, 3.05) is 11.4 Å². The van der Waals surface area contributed by atoms with Gasteiger partial charge in [-0.1, -0.05) is 0 Å². The molecular formula is C21H21N7S. The lowest BCUT2D eigenvalue weighted by atomic mass is 9.97. The first kappa shape index (κ1) is 16.9. The summed E-state index contributed by atoms with van der Waals surface area (Å²) in [6.45, 7) is 2.00. The van der Waals surface area contributed by atoms with Gasteiger partial charge in [-0.2, -0.15) is 5.10 Å². The maximum absolute atomic E-state index is 4.95. The van der Waals surface area contributed by atoms with E-state index in [0.717, 1.165) is 54.6 Å². The Kier molecular flexibility index (Phi) is 3.97. The van der Waals surface area contributed by atoms with Gasteiger partial charge < -0.3 is 9.47 Å². The molecule has 0 atom stereocenters. The van der Waals surface area contributed by atoms with Gasteiger partial charge in [-0.05, 0) is 44.2 Å². The molecular weight excluding hydrogens is 382 g/mol. The van der Waals surface area contributed by atoms with Crippen LogP contribution < -0.4 is 4.90 Å². The van der Waals surface area contributed by atoms with E-state index in [2.05, 4.69) is 31.0 Å². The second-order valence-electron chi connectivity index (χ2n) is 7.57. The quantitative estimate of drug-likeness (QED) is 0.517. The number of pyridine rings is 1. The Labute approximate surface area is 172 Å². The molecule has 6 rings (SSSR count). The first-order chi connectivity index (χ1) is 14.4. The van der Waals surface area contributed by atoms with Crippen LogP contribution in [-0.4, -0.2) is 35.8 Å². The summed E-state index contributed by atoms with van der Waals surface area (Å²) in [5, 5.41) is 8.00. The minimum Gasteiger partial charge on any atom is -0.310 e. The third-order valence-electron chi connectivity index (χ3n) is 5.74. The fraction of sp³-hybridized carbons (Fsp3) is 0.333. The summed E-state index contributed by atoms with van der Waals surface area (Å²) < 4.78 is 4.15. The molecule has 0 aromatic carbocycles. The number of hydrogen-bond acceptors (Lipinski definition) is 6.